The predicted molar refractivity (Wildman–Crippen MR) is 95.8 cm³/mol. The highest BCUT2D eigenvalue weighted by atomic mass is 35.5. The summed E-state index contributed by atoms with van der Waals surface area (Å²) >= 11 is 5.92. The second-order valence-corrected chi connectivity index (χ2v) is 8.00. The molecule has 0 radical (unpaired) electrons. The second-order valence-electron chi connectivity index (χ2n) is 5.63. The van der Waals surface area contributed by atoms with Gasteiger partial charge in [0.1, 0.15) is 0 Å². The van der Waals surface area contributed by atoms with Crippen LogP contribution in [0.2, 0.25) is 5.02 Å². The van der Waals surface area contributed by atoms with Crippen LogP contribution in [0.15, 0.2) is 66.1 Å². The van der Waals surface area contributed by atoms with Crippen molar-refractivity contribution in [3.63, 3.8) is 0 Å². The van der Waals surface area contributed by atoms with E-state index in [2.05, 4.69) is 0 Å². The van der Waals surface area contributed by atoms with Gasteiger partial charge in [-0.15, -0.1) is 0 Å². The van der Waals surface area contributed by atoms with Crippen molar-refractivity contribution < 1.29 is 13.2 Å². The van der Waals surface area contributed by atoms with Gasteiger partial charge in [-0.3, -0.25) is 4.79 Å². The van der Waals surface area contributed by atoms with Crippen molar-refractivity contribution >= 4 is 33.0 Å². The third kappa shape index (κ3) is 3.86. The number of nitrogens with zero attached hydrogens (tertiary/aromatic N) is 1. The number of anilines is 1. The lowest BCUT2D eigenvalue weighted by Crippen LogP contribution is -2.42. The first kappa shape index (κ1) is 16.7. The molecular formula is C18H16ClNO3S. The first-order valence-corrected chi connectivity index (χ1v) is 9.56. The number of carbonyl (C=O) groups is 1. The molecule has 1 amide bonds. The summed E-state index contributed by atoms with van der Waals surface area (Å²) in [6, 6.07) is 15.7. The normalized spacial score (nSPS) is 18.5. The summed E-state index contributed by atoms with van der Waals surface area (Å²) in [5.74, 6) is -0.258. The van der Waals surface area contributed by atoms with E-state index in [0.717, 1.165) is 5.56 Å². The average molecular weight is 362 g/mol. The van der Waals surface area contributed by atoms with E-state index in [-0.39, 0.29) is 18.1 Å². The van der Waals surface area contributed by atoms with Crippen LogP contribution < -0.4 is 4.90 Å². The Kier molecular flexibility index (Phi) is 4.73. The van der Waals surface area contributed by atoms with E-state index in [4.69, 9.17) is 11.6 Å². The molecule has 0 saturated carbocycles. The number of amides is 1. The topological polar surface area (TPSA) is 54.5 Å². The zero-order chi connectivity index (χ0) is 17.2. The zero-order valence-electron chi connectivity index (χ0n) is 12.8. The van der Waals surface area contributed by atoms with E-state index in [0.29, 0.717) is 10.7 Å². The third-order valence-electron chi connectivity index (χ3n) is 3.81. The number of hydrogen-bond donors (Lipinski definition) is 0. The highest BCUT2D eigenvalue weighted by Gasteiger charge is 2.31. The molecule has 124 valence electrons. The number of sulfone groups is 1. The monoisotopic (exact) mass is 361 g/mol. The maximum Gasteiger partial charge on any atom is 0.231 e. The average Bonchev–Trinajstić information content (AvgIpc) is 2.90. The van der Waals surface area contributed by atoms with Crippen molar-refractivity contribution in [2.24, 2.45) is 0 Å². The van der Waals surface area contributed by atoms with Gasteiger partial charge in [0.05, 0.1) is 18.2 Å². The molecule has 1 heterocycles. The van der Waals surface area contributed by atoms with Crippen LogP contribution in [-0.2, 0) is 21.1 Å². The Bertz CT molecular complexity index is 861. The van der Waals surface area contributed by atoms with Gasteiger partial charge in [-0.1, -0.05) is 41.9 Å². The fourth-order valence-electron chi connectivity index (χ4n) is 2.70. The first-order chi connectivity index (χ1) is 11.4. The van der Waals surface area contributed by atoms with Crippen molar-refractivity contribution in [3.8, 4) is 0 Å². The lowest BCUT2D eigenvalue weighted by atomic mass is 10.1. The Morgan fingerprint density at radius 3 is 2.33 bits per heavy atom. The molecular weight excluding hydrogens is 346 g/mol. The third-order valence-corrected chi connectivity index (χ3v) is 5.44. The fourth-order valence-corrected chi connectivity index (χ4v) is 4.09. The Hall–Kier alpha value is -2.11. The van der Waals surface area contributed by atoms with Crippen molar-refractivity contribution in [2.75, 3.05) is 10.7 Å². The van der Waals surface area contributed by atoms with Crippen LogP contribution in [0.25, 0.3) is 0 Å². The summed E-state index contributed by atoms with van der Waals surface area (Å²) in [4.78, 5) is 14.4. The van der Waals surface area contributed by atoms with Crippen LogP contribution in [0.4, 0.5) is 5.69 Å². The molecule has 0 N–H and O–H groups in total. The minimum Gasteiger partial charge on any atom is -0.304 e. The van der Waals surface area contributed by atoms with Crippen LogP contribution in [0.5, 0.6) is 0 Å². The SMILES string of the molecule is O=C(Cc1ccccc1)N(c1ccc(Cl)cc1)[C@@H]1C=CS(=O)(=O)C1. The van der Waals surface area contributed by atoms with Crippen LogP contribution in [0.3, 0.4) is 0 Å². The van der Waals surface area contributed by atoms with Crippen LogP contribution in [0.1, 0.15) is 5.56 Å². The van der Waals surface area contributed by atoms with Gasteiger partial charge in [-0.25, -0.2) is 8.42 Å². The van der Waals surface area contributed by atoms with Gasteiger partial charge < -0.3 is 4.90 Å². The quantitative estimate of drug-likeness (QED) is 0.840. The summed E-state index contributed by atoms with van der Waals surface area (Å²) in [6.45, 7) is 0. The number of carbonyl (C=O) groups excluding carboxylic acids is 1. The second kappa shape index (κ2) is 6.79. The van der Waals surface area contributed by atoms with Gasteiger partial charge >= 0.3 is 0 Å². The predicted octanol–water partition coefficient (Wildman–Crippen LogP) is 3.23. The molecule has 2 aromatic carbocycles. The minimum absolute atomic E-state index is 0.101. The van der Waals surface area contributed by atoms with Crippen LogP contribution in [0, 0.1) is 0 Å². The molecule has 0 spiro atoms. The Balaban J connectivity index is 1.91. The smallest absolute Gasteiger partial charge is 0.231 e. The van der Waals surface area contributed by atoms with Gasteiger partial charge in [0.25, 0.3) is 0 Å². The van der Waals surface area contributed by atoms with Gasteiger partial charge in [-0.2, -0.15) is 0 Å². The largest absolute Gasteiger partial charge is 0.304 e. The van der Waals surface area contributed by atoms with Crippen molar-refractivity contribution in [2.45, 2.75) is 12.5 Å². The fraction of sp³-hybridized carbons (Fsp3) is 0.167. The lowest BCUT2D eigenvalue weighted by Gasteiger charge is -2.28. The van der Waals surface area contributed by atoms with E-state index >= 15 is 0 Å². The summed E-state index contributed by atoms with van der Waals surface area (Å²) in [5.41, 5.74) is 1.51. The summed E-state index contributed by atoms with van der Waals surface area (Å²) in [6.07, 6.45) is 1.76. The number of hydrogen-bond acceptors (Lipinski definition) is 3. The maximum absolute atomic E-state index is 12.9. The number of rotatable bonds is 4. The highest BCUT2D eigenvalue weighted by molar-refractivity contribution is 7.94. The van der Waals surface area contributed by atoms with E-state index < -0.39 is 15.9 Å². The van der Waals surface area contributed by atoms with Crippen LogP contribution >= 0.6 is 11.6 Å². The molecule has 0 unspecified atom stereocenters. The van der Waals surface area contributed by atoms with Crippen LogP contribution in [-0.4, -0.2) is 26.1 Å². The summed E-state index contributed by atoms with van der Waals surface area (Å²) < 4.78 is 23.5. The molecule has 1 aliphatic heterocycles. The molecule has 0 aliphatic carbocycles. The van der Waals surface area contributed by atoms with E-state index in [1.54, 1.807) is 30.3 Å². The van der Waals surface area contributed by atoms with Gasteiger partial charge in [-0.05, 0) is 35.9 Å². The summed E-state index contributed by atoms with van der Waals surface area (Å²) in [7, 11) is -3.26. The van der Waals surface area contributed by atoms with Gasteiger partial charge in [0.15, 0.2) is 9.84 Å². The zero-order valence-corrected chi connectivity index (χ0v) is 14.4. The van der Waals surface area contributed by atoms with Crippen molar-refractivity contribution in [1.82, 2.24) is 0 Å². The molecule has 1 aliphatic rings. The molecule has 24 heavy (non-hydrogen) atoms. The molecule has 0 bridgehead atoms. The number of benzene rings is 2. The summed E-state index contributed by atoms with van der Waals surface area (Å²) in [5, 5.41) is 1.74. The Morgan fingerprint density at radius 2 is 1.75 bits per heavy atom. The van der Waals surface area contributed by atoms with Gasteiger partial charge in [0, 0.05) is 16.1 Å². The first-order valence-electron chi connectivity index (χ1n) is 7.47. The minimum atomic E-state index is -3.26. The highest BCUT2D eigenvalue weighted by Crippen LogP contribution is 2.25. The van der Waals surface area contributed by atoms with Crippen molar-refractivity contribution in [1.29, 1.82) is 0 Å². The molecule has 0 fully saturated rings. The van der Waals surface area contributed by atoms with Crippen molar-refractivity contribution in [3.05, 3.63) is 76.7 Å². The Morgan fingerprint density at radius 1 is 1.08 bits per heavy atom. The number of halogens is 1. The van der Waals surface area contributed by atoms with E-state index in [1.165, 1.54) is 10.3 Å². The standard InChI is InChI=1S/C18H16ClNO3S/c19-15-6-8-16(9-7-15)20(17-10-11-24(22,23)13-17)18(21)12-14-4-2-1-3-5-14/h1-11,17H,12-13H2/t17-/m1/s1. The van der Waals surface area contributed by atoms with E-state index in [9.17, 15) is 13.2 Å². The molecule has 6 heteroatoms. The molecule has 0 saturated heterocycles. The molecule has 3 rings (SSSR count). The molecule has 4 nitrogen and oxygen atoms in total. The van der Waals surface area contributed by atoms with E-state index in [1.807, 2.05) is 30.3 Å². The molecule has 1 atom stereocenters. The molecule has 0 aromatic heterocycles. The Labute approximate surface area is 146 Å². The maximum atomic E-state index is 12.9. The van der Waals surface area contributed by atoms with Gasteiger partial charge in [0.2, 0.25) is 5.91 Å². The molecule has 2 aromatic rings. The lowest BCUT2D eigenvalue weighted by molar-refractivity contribution is -0.118.